The maximum atomic E-state index is 4.85. The van der Waals surface area contributed by atoms with Gasteiger partial charge in [0.15, 0.2) is 0 Å². The van der Waals surface area contributed by atoms with E-state index in [0.29, 0.717) is 0 Å². The smallest absolute Gasteiger partial charge is 0.144 e. The minimum atomic E-state index is 0.111. The van der Waals surface area contributed by atoms with E-state index in [9.17, 15) is 0 Å². The Hall–Kier alpha value is -3.72. The molecule has 0 aliphatic rings. The minimum absolute atomic E-state index is 0.111. The fourth-order valence-electron chi connectivity index (χ4n) is 5.29. The SMILES string of the molecule is Cc1cc2ccc3c4c(-c5cccc6cc(C(C)(C)C)ccc56)ncnc4n(C)c3c2cc1C. The second-order valence-corrected chi connectivity index (χ2v) is 10.6. The topological polar surface area (TPSA) is 30.7 Å². The second kappa shape index (κ2) is 7.14. The first-order valence-electron chi connectivity index (χ1n) is 11.9. The molecule has 0 saturated carbocycles. The van der Waals surface area contributed by atoms with E-state index < -0.39 is 0 Å². The third kappa shape index (κ3) is 2.96. The highest BCUT2D eigenvalue weighted by Crippen LogP contribution is 2.40. The molecule has 4 aromatic carbocycles. The quantitative estimate of drug-likeness (QED) is 0.258. The van der Waals surface area contributed by atoms with Crippen LogP contribution in [0.5, 0.6) is 0 Å². The maximum Gasteiger partial charge on any atom is 0.144 e. The molecule has 6 rings (SSSR count). The number of aromatic nitrogens is 3. The molecule has 0 radical (unpaired) electrons. The van der Waals surface area contributed by atoms with Crippen LogP contribution in [0.4, 0.5) is 0 Å². The van der Waals surface area contributed by atoms with E-state index in [1.54, 1.807) is 6.33 Å². The number of nitrogens with zero attached hydrogens (tertiary/aromatic N) is 3. The minimum Gasteiger partial charge on any atom is -0.328 e. The van der Waals surface area contributed by atoms with E-state index in [1.165, 1.54) is 49.1 Å². The molecule has 3 nitrogen and oxygen atoms in total. The van der Waals surface area contributed by atoms with Crippen LogP contribution >= 0.6 is 0 Å². The number of hydrogen-bond donors (Lipinski definition) is 0. The molecule has 0 saturated heterocycles. The van der Waals surface area contributed by atoms with Gasteiger partial charge in [-0.1, -0.05) is 75.4 Å². The van der Waals surface area contributed by atoms with Gasteiger partial charge in [-0.05, 0) is 58.2 Å². The van der Waals surface area contributed by atoms with E-state index in [1.807, 2.05) is 0 Å². The zero-order chi connectivity index (χ0) is 23.8. The Kier molecular flexibility index (Phi) is 4.38. The highest BCUT2D eigenvalue weighted by Gasteiger charge is 2.20. The molecule has 168 valence electrons. The van der Waals surface area contributed by atoms with Crippen LogP contribution in [-0.4, -0.2) is 14.5 Å². The largest absolute Gasteiger partial charge is 0.328 e. The summed E-state index contributed by atoms with van der Waals surface area (Å²) in [6.45, 7) is 11.1. The van der Waals surface area contributed by atoms with Gasteiger partial charge in [-0.3, -0.25) is 0 Å². The lowest BCUT2D eigenvalue weighted by Crippen LogP contribution is -2.10. The second-order valence-electron chi connectivity index (χ2n) is 10.6. The monoisotopic (exact) mass is 443 g/mol. The summed E-state index contributed by atoms with van der Waals surface area (Å²) in [6.07, 6.45) is 1.70. The van der Waals surface area contributed by atoms with E-state index in [0.717, 1.165) is 22.3 Å². The lowest BCUT2D eigenvalue weighted by Gasteiger charge is -2.20. The maximum absolute atomic E-state index is 4.85. The predicted octanol–water partition coefficient (Wildman–Crippen LogP) is 8.01. The van der Waals surface area contributed by atoms with Crippen LogP contribution in [-0.2, 0) is 12.5 Å². The molecule has 0 atom stereocenters. The first-order valence-corrected chi connectivity index (χ1v) is 11.9. The number of fused-ring (bicyclic) bond motifs is 6. The van der Waals surface area contributed by atoms with Crippen molar-refractivity contribution in [1.29, 1.82) is 0 Å². The van der Waals surface area contributed by atoms with Gasteiger partial charge in [-0.2, -0.15) is 0 Å². The molecule has 3 heteroatoms. The number of rotatable bonds is 1. The Labute approximate surface area is 200 Å². The Morgan fingerprint density at radius 2 is 1.47 bits per heavy atom. The van der Waals surface area contributed by atoms with E-state index in [-0.39, 0.29) is 5.41 Å². The molecule has 2 aromatic heterocycles. The van der Waals surface area contributed by atoms with Crippen molar-refractivity contribution in [1.82, 2.24) is 14.5 Å². The van der Waals surface area contributed by atoms with Crippen LogP contribution in [0.1, 0.15) is 37.5 Å². The molecular formula is C31H29N3. The molecule has 0 aliphatic carbocycles. The van der Waals surface area contributed by atoms with Crippen molar-refractivity contribution in [2.75, 3.05) is 0 Å². The van der Waals surface area contributed by atoms with E-state index in [4.69, 9.17) is 9.97 Å². The Bertz CT molecular complexity index is 1760. The molecule has 6 aromatic rings. The summed E-state index contributed by atoms with van der Waals surface area (Å²) in [5.74, 6) is 0. The van der Waals surface area contributed by atoms with Crippen LogP contribution in [0.15, 0.2) is 67.0 Å². The van der Waals surface area contributed by atoms with Gasteiger partial charge in [0.2, 0.25) is 0 Å². The molecule has 2 heterocycles. The van der Waals surface area contributed by atoms with Crippen molar-refractivity contribution < 1.29 is 0 Å². The molecule has 0 bridgehead atoms. The van der Waals surface area contributed by atoms with E-state index >= 15 is 0 Å². The third-order valence-electron chi connectivity index (χ3n) is 7.36. The molecule has 0 amide bonds. The Balaban J connectivity index is 1.71. The van der Waals surface area contributed by atoms with Crippen molar-refractivity contribution in [2.45, 2.75) is 40.0 Å². The summed E-state index contributed by atoms with van der Waals surface area (Å²) < 4.78 is 2.23. The average Bonchev–Trinajstić information content (AvgIpc) is 3.11. The van der Waals surface area contributed by atoms with Crippen LogP contribution in [0.3, 0.4) is 0 Å². The molecule has 0 spiro atoms. The summed E-state index contributed by atoms with van der Waals surface area (Å²) in [7, 11) is 2.12. The van der Waals surface area contributed by atoms with Crippen molar-refractivity contribution in [2.24, 2.45) is 7.05 Å². The highest BCUT2D eigenvalue weighted by atomic mass is 15.0. The summed E-state index contributed by atoms with van der Waals surface area (Å²) in [4.78, 5) is 9.58. The zero-order valence-corrected chi connectivity index (χ0v) is 20.7. The van der Waals surface area contributed by atoms with Crippen LogP contribution < -0.4 is 0 Å². The van der Waals surface area contributed by atoms with Gasteiger partial charge < -0.3 is 4.57 Å². The first-order chi connectivity index (χ1) is 16.2. The van der Waals surface area contributed by atoms with E-state index in [2.05, 4.69) is 107 Å². The van der Waals surface area contributed by atoms with Crippen molar-refractivity contribution in [3.05, 3.63) is 83.7 Å². The van der Waals surface area contributed by atoms with Crippen LogP contribution in [0, 0.1) is 13.8 Å². The van der Waals surface area contributed by atoms with Gasteiger partial charge in [-0.15, -0.1) is 0 Å². The molecule has 0 fully saturated rings. The molecule has 0 N–H and O–H groups in total. The molecule has 0 aliphatic heterocycles. The van der Waals surface area contributed by atoms with Crippen LogP contribution in [0.25, 0.3) is 54.7 Å². The standard InChI is InChI=1S/C31H29N3/c1-18-14-21-10-12-25-27-28(32-17-33-30(27)34(6)29(25)26(21)15-19(18)2)24-9-7-8-20-16-22(31(3,4)5)11-13-23(20)24/h7-17H,1-6H3. The highest BCUT2D eigenvalue weighted by molar-refractivity contribution is 6.21. The van der Waals surface area contributed by atoms with Gasteiger partial charge >= 0.3 is 0 Å². The molecule has 34 heavy (non-hydrogen) atoms. The van der Waals surface area contributed by atoms with Gasteiger partial charge in [-0.25, -0.2) is 9.97 Å². The summed E-state index contributed by atoms with van der Waals surface area (Å²) in [6, 6.07) is 22.4. The Morgan fingerprint density at radius 1 is 0.735 bits per heavy atom. The summed E-state index contributed by atoms with van der Waals surface area (Å²) >= 11 is 0. The van der Waals surface area contributed by atoms with Gasteiger partial charge in [0.25, 0.3) is 0 Å². The van der Waals surface area contributed by atoms with Crippen LogP contribution in [0.2, 0.25) is 0 Å². The fraction of sp³-hybridized carbons (Fsp3) is 0.226. The zero-order valence-electron chi connectivity index (χ0n) is 20.7. The average molecular weight is 444 g/mol. The molecular weight excluding hydrogens is 414 g/mol. The summed E-state index contributed by atoms with van der Waals surface area (Å²) in [5.41, 5.74) is 8.40. The number of benzene rings is 4. The fourth-order valence-corrected chi connectivity index (χ4v) is 5.29. The first kappa shape index (κ1) is 20.9. The van der Waals surface area contributed by atoms with Gasteiger partial charge in [0, 0.05) is 23.4 Å². The number of hydrogen-bond acceptors (Lipinski definition) is 2. The number of aryl methyl sites for hydroxylation is 3. The van der Waals surface area contributed by atoms with Crippen molar-refractivity contribution in [3.63, 3.8) is 0 Å². The molecule has 0 unspecified atom stereocenters. The lowest BCUT2D eigenvalue weighted by atomic mass is 9.85. The van der Waals surface area contributed by atoms with Crippen molar-refractivity contribution in [3.8, 4) is 11.3 Å². The predicted molar refractivity (Wildman–Crippen MR) is 145 cm³/mol. The lowest BCUT2D eigenvalue weighted by molar-refractivity contribution is 0.591. The normalized spacial score (nSPS) is 12.4. The van der Waals surface area contributed by atoms with Gasteiger partial charge in [0.05, 0.1) is 16.6 Å². The van der Waals surface area contributed by atoms with Gasteiger partial charge in [0.1, 0.15) is 12.0 Å². The third-order valence-corrected chi connectivity index (χ3v) is 7.36. The Morgan fingerprint density at radius 3 is 2.26 bits per heavy atom. The van der Waals surface area contributed by atoms with Crippen molar-refractivity contribution >= 4 is 43.5 Å². The summed E-state index contributed by atoms with van der Waals surface area (Å²) in [5, 5.41) is 7.31.